The largest absolute Gasteiger partial charge is 0.467 e. The number of H-pyrrole nitrogens is 1. The molecule has 2 heterocycles. The summed E-state index contributed by atoms with van der Waals surface area (Å²) in [7, 11) is 1.24. The van der Waals surface area contributed by atoms with Crippen molar-refractivity contribution in [2.45, 2.75) is 25.3 Å². The standard InChI is InChI=1S/C12H15N5O4/c1-21-12(20)9(4-7-5-13-6-14-7)15-11(19)8-2-3-10(18)17-16-8/h5-6,9H,2-4H2,1H3,(H,13,14)(H,15,19)(H,17,18)/t9-/m0/s1. The SMILES string of the molecule is COC(=O)[C@H](Cc1cnc[nH]1)NC(=O)C1=NNC(=O)CC1. The Kier molecular flexibility index (Phi) is 4.64. The Morgan fingerprint density at radius 3 is 2.86 bits per heavy atom. The molecule has 1 aliphatic heterocycles. The summed E-state index contributed by atoms with van der Waals surface area (Å²) in [5.41, 5.74) is 3.09. The quantitative estimate of drug-likeness (QED) is 0.593. The average Bonchev–Trinajstić information content (AvgIpc) is 2.99. The molecule has 1 aromatic heterocycles. The summed E-state index contributed by atoms with van der Waals surface area (Å²) in [6.07, 6.45) is 3.68. The van der Waals surface area contributed by atoms with Gasteiger partial charge in [-0.05, 0) is 0 Å². The molecule has 0 aliphatic carbocycles. The Labute approximate surface area is 120 Å². The van der Waals surface area contributed by atoms with E-state index in [9.17, 15) is 14.4 Å². The lowest BCUT2D eigenvalue weighted by atomic mass is 10.1. The van der Waals surface area contributed by atoms with Crippen LogP contribution in [0.1, 0.15) is 18.5 Å². The van der Waals surface area contributed by atoms with Crippen molar-refractivity contribution in [3.8, 4) is 0 Å². The molecule has 9 nitrogen and oxygen atoms in total. The molecule has 0 bridgehead atoms. The number of rotatable bonds is 5. The fourth-order valence-electron chi connectivity index (χ4n) is 1.83. The van der Waals surface area contributed by atoms with Crippen molar-refractivity contribution in [3.05, 3.63) is 18.2 Å². The van der Waals surface area contributed by atoms with Crippen LogP contribution in [0.3, 0.4) is 0 Å². The van der Waals surface area contributed by atoms with Crippen molar-refractivity contribution in [1.82, 2.24) is 20.7 Å². The molecule has 9 heteroatoms. The Hall–Kier alpha value is -2.71. The Bertz CT molecular complexity index is 566. The fraction of sp³-hybridized carbons (Fsp3) is 0.417. The highest BCUT2D eigenvalue weighted by Crippen LogP contribution is 2.03. The summed E-state index contributed by atoms with van der Waals surface area (Å²) >= 11 is 0. The monoisotopic (exact) mass is 293 g/mol. The van der Waals surface area contributed by atoms with E-state index in [-0.39, 0.29) is 30.9 Å². The molecule has 0 saturated carbocycles. The lowest BCUT2D eigenvalue weighted by Gasteiger charge is -2.17. The number of methoxy groups -OCH3 is 1. The number of aromatic nitrogens is 2. The molecule has 2 amide bonds. The second-order valence-electron chi connectivity index (χ2n) is 4.42. The van der Waals surface area contributed by atoms with Crippen molar-refractivity contribution in [2.24, 2.45) is 5.10 Å². The maximum Gasteiger partial charge on any atom is 0.328 e. The van der Waals surface area contributed by atoms with E-state index >= 15 is 0 Å². The number of hydrogen-bond donors (Lipinski definition) is 3. The number of aromatic amines is 1. The topological polar surface area (TPSA) is 126 Å². The fourth-order valence-corrected chi connectivity index (χ4v) is 1.83. The van der Waals surface area contributed by atoms with Gasteiger partial charge in [-0.25, -0.2) is 15.2 Å². The van der Waals surface area contributed by atoms with Crippen LogP contribution in [0.15, 0.2) is 17.6 Å². The van der Waals surface area contributed by atoms with E-state index < -0.39 is 17.9 Å². The summed E-state index contributed by atoms with van der Waals surface area (Å²) in [6.45, 7) is 0. The number of amides is 2. The van der Waals surface area contributed by atoms with Gasteiger partial charge in [0, 0.05) is 31.2 Å². The molecule has 0 fully saturated rings. The van der Waals surface area contributed by atoms with Crippen LogP contribution in [0, 0.1) is 0 Å². The highest BCUT2D eigenvalue weighted by atomic mass is 16.5. The summed E-state index contributed by atoms with van der Waals surface area (Å²) in [5, 5.41) is 6.23. The van der Waals surface area contributed by atoms with Crippen molar-refractivity contribution >= 4 is 23.5 Å². The third kappa shape index (κ3) is 3.88. The van der Waals surface area contributed by atoms with E-state index in [1.807, 2.05) is 0 Å². The van der Waals surface area contributed by atoms with Crippen LogP contribution in [0.2, 0.25) is 0 Å². The van der Waals surface area contributed by atoms with Crippen LogP contribution in [-0.4, -0.2) is 46.6 Å². The van der Waals surface area contributed by atoms with Crippen LogP contribution in [0.5, 0.6) is 0 Å². The van der Waals surface area contributed by atoms with Gasteiger partial charge in [-0.1, -0.05) is 0 Å². The molecule has 0 unspecified atom stereocenters. The van der Waals surface area contributed by atoms with E-state index in [1.54, 1.807) is 6.20 Å². The molecule has 0 spiro atoms. The predicted molar refractivity (Wildman–Crippen MR) is 71.1 cm³/mol. The molecule has 3 N–H and O–H groups in total. The minimum absolute atomic E-state index is 0.174. The minimum atomic E-state index is -0.858. The Balaban J connectivity index is 2.02. The summed E-state index contributed by atoms with van der Waals surface area (Å²) < 4.78 is 4.67. The van der Waals surface area contributed by atoms with Crippen LogP contribution < -0.4 is 10.7 Å². The van der Waals surface area contributed by atoms with Crippen LogP contribution >= 0.6 is 0 Å². The smallest absolute Gasteiger partial charge is 0.328 e. The third-order valence-electron chi connectivity index (χ3n) is 2.94. The van der Waals surface area contributed by atoms with E-state index in [4.69, 9.17) is 0 Å². The molecule has 112 valence electrons. The van der Waals surface area contributed by atoms with E-state index in [1.165, 1.54) is 13.4 Å². The van der Waals surface area contributed by atoms with Gasteiger partial charge in [-0.3, -0.25) is 9.59 Å². The van der Waals surface area contributed by atoms with Crippen molar-refractivity contribution in [3.63, 3.8) is 0 Å². The van der Waals surface area contributed by atoms with Gasteiger partial charge in [-0.15, -0.1) is 0 Å². The number of ether oxygens (including phenoxy) is 1. The number of hydrogen-bond acceptors (Lipinski definition) is 6. The van der Waals surface area contributed by atoms with Crippen LogP contribution in [0.4, 0.5) is 0 Å². The number of carbonyl (C=O) groups excluding carboxylic acids is 3. The average molecular weight is 293 g/mol. The van der Waals surface area contributed by atoms with Crippen LogP contribution in [0.25, 0.3) is 0 Å². The molecule has 1 atom stereocenters. The van der Waals surface area contributed by atoms with Crippen molar-refractivity contribution in [2.75, 3.05) is 7.11 Å². The number of imidazole rings is 1. The molecule has 0 saturated heterocycles. The molecule has 0 radical (unpaired) electrons. The lowest BCUT2D eigenvalue weighted by Crippen LogP contribution is -2.47. The zero-order valence-electron chi connectivity index (χ0n) is 11.4. The van der Waals surface area contributed by atoms with Gasteiger partial charge >= 0.3 is 5.97 Å². The second kappa shape index (κ2) is 6.64. The molecule has 21 heavy (non-hydrogen) atoms. The highest BCUT2D eigenvalue weighted by Gasteiger charge is 2.26. The van der Waals surface area contributed by atoms with E-state index in [0.717, 1.165) is 0 Å². The number of esters is 1. The minimum Gasteiger partial charge on any atom is -0.467 e. The number of carbonyl (C=O) groups is 3. The molecule has 1 aromatic rings. The van der Waals surface area contributed by atoms with Gasteiger partial charge in [-0.2, -0.15) is 5.10 Å². The number of nitrogens with zero attached hydrogens (tertiary/aromatic N) is 2. The van der Waals surface area contributed by atoms with Gasteiger partial charge in [0.25, 0.3) is 5.91 Å². The first-order valence-electron chi connectivity index (χ1n) is 6.31. The molecular formula is C12H15N5O4. The zero-order valence-corrected chi connectivity index (χ0v) is 11.4. The van der Waals surface area contributed by atoms with E-state index in [2.05, 4.69) is 30.5 Å². The summed E-state index contributed by atoms with van der Waals surface area (Å²) in [4.78, 5) is 41.4. The zero-order chi connectivity index (χ0) is 15.2. The first-order valence-corrected chi connectivity index (χ1v) is 6.31. The number of hydrazone groups is 1. The lowest BCUT2D eigenvalue weighted by molar-refractivity contribution is -0.144. The molecule has 2 rings (SSSR count). The number of nitrogens with one attached hydrogen (secondary N) is 3. The van der Waals surface area contributed by atoms with Gasteiger partial charge < -0.3 is 15.0 Å². The highest BCUT2D eigenvalue weighted by molar-refractivity contribution is 6.39. The van der Waals surface area contributed by atoms with Crippen molar-refractivity contribution < 1.29 is 19.1 Å². The molecule has 0 aromatic carbocycles. The third-order valence-corrected chi connectivity index (χ3v) is 2.94. The first-order chi connectivity index (χ1) is 10.1. The predicted octanol–water partition coefficient (Wildman–Crippen LogP) is -1.12. The van der Waals surface area contributed by atoms with Gasteiger partial charge in [0.05, 0.1) is 13.4 Å². The maximum atomic E-state index is 12.0. The van der Waals surface area contributed by atoms with E-state index in [0.29, 0.717) is 5.69 Å². The van der Waals surface area contributed by atoms with Gasteiger partial charge in [0.2, 0.25) is 5.91 Å². The van der Waals surface area contributed by atoms with Crippen LogP contribution in [-0.2, 0) is 25.5 Å². The second-order valence-corrected chi connectivity index (χ2v) is 4.42. The first kappa shape index (κ1) is 14.7. The Morgan fingerprint density at radius 2 is 2.29 bits per heavy atom. The Morgan fingerprint density at radius 1 is 1.48 bits per heavy atom. The molecular weight excluding hydrogens is 278 g/mol. The summed E-state index contributed by atoms with van der Waals surface area (Å²) in [6, 6.07) is -0.858. The normalized spacial score (nSPS) is 15.7. The van der Waals surface area contributed by atoms with Crippen molar-refractivity contribution in [1.29, 1.82) is 0 Å². The summed E-state index contributed by atoms with van der Waals surface area (Å²) in [5.74, 6) is -1.32. The van der Waals surface area contributed by atoms with Gasteiger partial charge in [0.1, 0.15) is 11.8 Å². The van der Waals surface area contributed by atoms with Gasteiger partial charge in [0.15, 0.2) is 0 Å². The maximum absolute atomic E-state index is 12.0. The molecule has 1 aliphatic rings.